The average Bonchev–Trinajstić information content (AvgIpc) is 3.22. The first-order valence-electron chi connectivity index (χ1n) is 9.24. The molecule has 0 unspecified atom stereocenters. The summed E-state index contributed by atoms with van der Waals surface area (Å²) in [4.78, 5) is 27.5. The Hall–Kier alpha value is -2.90. The number of carbonyl (C=O) groups excluding carboxylic acids is 2. The van der Waals surface area contributed by atoms with Crippen molar-refractivity contribution in [2.75, 3.05) is 26.2 Å². The van der Waals surface area contributed by atoms with Gasteiger partial charge in [-0.2, -0.15) is 0 Å². The molecule has 3 heterocycles. The van der Waals surface area contributed by atoms with Crippen LogP contribution in [0, 0.1) is 6.92 Å². The molecule has 4 rings (SSSR count). The van der Waals surface area contributed by atoms with Crippen LogP contribution in [0.4, 0.5) is 0 Å². The molecule has 2 fully saturated rings. The summed E-state index contributed by atoms with van der Waals surface area (Å²) in [5.41, 5.74) is 1.89. The van der Waals surface area contributed by atoms with Crippen molar-refractivity contribution in [3.8, 4) is 5.75 Å². The number of likely N-dealkylation sites (tertiary alicyclic amines) is 2. The lowest BCUT2D eigenvalue weighted by Crippen LogP contribution is -2.52. The van der Waals surface area contributed by atoms with Crippen LogP contribution in [-0.2, 0) is 16.1 Å². The highest BCUT2D eigenvalue weighted by Gasteiger charge is 2.33. The molecule has 0 atom stereocenters. The number of ether oxygens (including phenoxy) is 1. The van der Waals surface area contributed by atoms with Gasteiger partial charge in [-0.1, -0.05) is 17.3 Å². The summed E-state index contributed by atoms with van der Waals surface area (Å²) >= 11 is 0. The average molecular weight is 369 g/mol. The van der Waals surface area contributed by atoms with Gasteiger partial charge in [0.2, 0.25) is 5.91 Å². The van der Waals surface area contributed by atoms with Crippen LogP contribution in [0.2, 0.25) is 0 Å². The Morgan fingerprint density at radius 3 is 2.93 bits per heavy atom. The van der Waals surface area contributed by atoms with Crippen molar-refractivity contribution in [3.05, 3.63) is 41.7 Å². The fourth-order valence-corrected chi connectivity index (χ4v) is 3.40. The monoisotopic (exact) mass is 369 g/mol. The van der Waals surface area contributed by atoms with E-state index in [1.54, 1.807) is 9.58 Å². The lowest BCUT2D eigenvalue weighted by Gasteiger charge is -2.38. The minimum atomic E-state index is -0.0317. The third kappa shape index (κ3) is 3.94. The second kappa shape index (κ2) is 7.38. The van der Waals surface area contributed by atoms with E-state index in [1.807, 2.05) is 42.3 Å². The number of hydrogen-bond donors (Lipinski definition) is 0. The van der Waals surface area contributed by atoms with E-state index in [0.717, 1.165) is 24.2 Å². The molecule has 0 spiro atoms. The maximum atomic E-state index is 12.2. The van der Waals surface area contributed by atoms with E-state index in [2.05, 4.69) is 10.3 Å². The second-order valence-electron chi connectivity index (χ2n) is 7.17. The zero-order chi connectivity index (χ0) is 18.8. The largest absolute Gasteiger partial charge is 0.484 e. The number of rotatable bonds is 6. The summed E-state index contributed by atoms with van der Waals surface area (Å²) in [7, 11) is 0. The smallest absolute Gasteiger partial charge is 0.260 e. The number of aromatic nitrogens is 3. The summed E-state index contributed by atoms with van der Waals surface area (Å²) in [6.45, 7) is 4.52. The summed E-state index contributed by atoms with van der Waals surface area (Å²) in [5, 5.41) is 8.32. The minimum Gasteiger partial charge on any atom is -0.484 e. The fraction of sp³-hybridized carbons (Fsp3) is 0.474. The highest BCUT2D eigenvalue weighted by atomic mass is 16.5. The minimum absolute atomic E-state index is 0.0317. The van der Waals surface area contributed by atoms with Gasteiger partial charge >= 0.3 is 0 Å². The molecule has 142 valence electrons. The first-order chi connectivity index (χ1) is 13.1. The predicted octanol–water partition coefficient (Wildman–Crippen LogP) is 1.17. The molecule has 2 aromatic rings. The number of nitrogens with zero attached hydrogens (tertiary/aromatic N) is 5. The molecule has 1 aromatic carbocycles. The molecule has 8 heteroatoms. The maximum Gasteiger partial charge on any atom is 0.260 e. The van der Waals surface area contributed by atoms with Crippen molar-refractivity contribution in [3.63, 3.8) is 0 Å². The summed E-state index contributed by atoms with van der Waals surface area (Å²) in [5.74, 6) is 0.854. The number of amides is 2. The molecule has 8 nitrogen and oxygen atoms in total. The highest BCUT2D eigenvalue weighted by Crippen LogP contribution is 2.22. The Kier molecular flexibility index (Phi) is 4.79. The molecule has 2 saturated heterocycles. The van der Waals surface area contributed by atoms with Crippen molar-refractivity contribution in [2.45, 2.75) is 32.4 Å². The van der Waals surface area contributed by atoms with Crippen molar-refractivity contribution in [1.29, 1.82) is 0 Å². The Bertz CT molecular complexity index is 843. The topological polar surface area (TPSA) is 80.6 Å². The van der Waals surface area contributed by atoms with Crippen LogP contribution in [0.5, 0.6) is 5.75 Å². The maximum absolute atomic E-state index is 12.2. The molecule has 0 bridgehead atoms. The predicted molar refractivity (Wildman–Crippen MR) is 97.0 cm³/mol. The first kappa shape index (κ1) is 17.5. The lowest BCUT2D eigenvalue weighted by atomic mass is 10.1. The van der Waals surface area contributed by atoms with E-state index in [4.69, 9.17) is 4.74 Å². The van der Waals surface area contributed by atoms with E-state index in [0.29, 0.717) is 31.8 Å². The molecular formula is C19H23N5O3. The van der Waals surface area contributed by atoms with Crippen LogP contribution >= 0.6 is 0 Å². The third-order valence-corrected chi connectivity index (χ3v) is 5.02. The van der Waals surface area contributed by atoms with Gasteiger partial charge in [0, 0.05) is 26.1 Å². The van der Waals surface area contributed by atoms with Crippen LogP contribution < -0.4 is 4.74 Å². The zero-order valence-corrected chi connectivity index (χ0v) is 15.4. The van der Waals surface area contributed by atoms with Crippen LogP contribution in [0.25, 0.3) is 0 Å². The molecule has 2 amide bonds. The van der Waals surface area contributed by atoms with Gasteiger partial charge in [-0.3, -0.25) is 9.59 Å². The second-order valence-corrected chi connectivity index (χ2v) is 7.17. The van der Waals surface area contributed by atoms with E-state index in [9.17, 15) is 9.59 Å². The Morgan fingerprint density at radius 1 is 1.33 bits per heavy atom. The van der Waals surface area contributed by atoms with Gasteiger partial charge in [0.1, 0.15) is 11.4 Å². The number of benzene rings is 1. The van der Waals surface area contributed by atoms with Crippen LogP contribution in [-0.4, -0.2) is 62.8 Å². The van der Waals surface area contributed by atoms with Crippen molar-refractivity contribution in [1.82, 2.24) is 24.8 Å². The third-order valence-electron chi connectivity index (χ3n) is 5.02. The molecule has 0 radical (unpaired) electrons. The first-order valence-corrected chi connectivity index (χ1v) is 9.24. The standard InChI is InChI=1S/C19H23N5O3/c1-14-4-2-5-17(8-14)27-13-19(26)23-11-16(12-23)24-10-15(20-21-24)9-22-7-3-6-18(22)25/h2,4-5,8,10,16H,3,6-7,9,11-13H2,1H3. The summed E-state index contributed by atoms with van der Waals surface area (Å²) in [6.07, 6.45) is 3.41. The Labute approximate surface area is 157 Å². The number of hydrogen-bond acceptors (Lipinski definition) is 5. The lowest BCUT2D eigenvalue weighted by molar-refractivity contribution is -0.139. The van der Waals surface area contributed by atoms with Crippen molar-refractivity contribution < 1.29 is 14.3 Å². The van der Waals surface area contributed by atoms with Gasteiger partial charge < -0.3 is 14.5 Å². The normalized spacial score (nSPS) is 17.3. The van der Waals surface area contributed by atoms with Gasteiger partial charge in [0.25, 0.3) is 5.91 Å². The fourth-order valence-electron chi connectivity index (χ4n) is 3.40. The molecule has 0 N–H and O–H groups in total. The molecule has 27 heavy (non-hydrogen) atoms. The molecular weight excluding hydrogens is 346 g/mol. The zero-order valence-electron chi connectivity index (χ0n) is 15.4. The van der Waals surface area contributed by atoms with E-state index < -0.39 is 0 Å². The van der Waals surface area contributed by atoms with Gasteiger partial charge in [0.05, 0.1) is 18.8 Å². The highest BCUT2D eigenvalue weighted by molar-refractivity contribution is 5.78. The van der Waals surface area contributed by atoms with Crippen LogP contribution in [0.3, 0.4) is 0 Å². The van der Waals surface area contributed by atoms with Gasteiger partial charge in [-0.15, -0.1) is 5.10 Å². The molecule has 1 aromatic heterocycles. The SMILES string of the molecule is Cc1cccc(OCC(=O)N2CC(n3cc(CN4CCCC4=O)nn3)C2)c1. The molecule has 2 aliphatic rings. The number of carbonyl (C=O) groups is 2. The van der Waals surface area contributed by atoms with E-state index in [1.165, 1.54) is 0 Å². The Balaban J connectivity index is 1.24. The van der Waals surface area contributed by atoms with Crippen molar-refractivity contribution >= 4 is 11.8 Å². The number of aryl methyl sites for hydroxylation is 1. The van der Waals surface area contributed by atoms with Gasteiger partial charge in [-0.25, -0.2) is 4.68 Å². The molecule has 0 aliphatic carbocycles. The van der Waals surface area contributed by atoms with Gasteiger partial charge in [-0.05, 0) is 31.0 Å². The van der Waals surface area contributed by atoms with Gasteiger partial charge in [0.15, 0.2) is 6.61 Å². The molecule has 2 aliphatic heterocycles. The van der Waals surface area contributed by atoms with Crippen molar-refractivity contribution in [2.24, 2.45) is 0 Å². The molecule has 0 saturated carbocycles. The summed E-state index contributed by atoms with van der Waals surface area (Å²) in [6, 6.07) is 7.78. The quantitative estimate of drug-likeness (QED) is 0.764. The summed E-state index contributed by atoms with van der Waals surface area (Å²) < 4.78 is 7.36. The van der Waals surface area contributed by atoms with E-state index in [-0.39, 0.29) is 24.5 Å². The Morgan fingerprint density at radius 2 is 2.19 bits per heavy atom. The van der Waals surface area contributed by atoms with Crippen LogP contribution in [0.15, 0.2) is 30.5 Å². The van der Waals surface area contributed by atoms with Crippen LogP contribution in [0.1, 0.15) is 30.1 Å². The van der Waals surface area contributed by atoms with E-state index >= 15 is 0 Å².